The largest absolute Gasteiger partial charge is 0.364 e. The Hall–Kier alpha value is -2.15. The first-order valence-corrected chi connectivity index (χ1v) is 7.07. The van der Waals surface area contributed by atoms with Gasteiger partial charge in [0.05, 0.1) is 11.7 Å². The molecule has 0 saturated carbocycles. The van der Waals surface area contributed by atoms with E-state index in [0.29, 0.717) is 5.69 Å². The van der Waals surface area contributed by atoms with Gasteiger partial charge in [0.15, 0.2) is 4.96 Å². The number of hydrogen-bond donors (Lipinski definition) is 0. The van der Waals surface area contributed by atoms with Crippen LogP contribution in [0.15, 0.2) is 28.4 Å². The summed E-state index contributed by atoms with van der Waals surface area (Å²) in [5, 5.41) is 5.80. The number of thiazole rings is 1. The molecule has 0 aliphatic heterocycles. The number of fused-ring (bicyclic) bond motifs is 1. The lowest BCUT2D eigenvalue weighted by Crippen LogP contribution is -2.31. The van der Waals surface area contributed by atoms with Gasteiger partial charge in [0.25, 0.3) is 5.91 Å². The van der Waals surface area contributed by atoms with Crippen LogP contribution in [0.5, 0.6) is 0 Å². The molecule has 1 amide bonds. The van der Waals surface area contributed by atoms with Gasteiger partial charge in [-0.15, -0.1) is 11.3 Å². The van der Waals surface area contributed by atoms with E-state index in [1.165, 1.54) is 17.6 Å². The molecule has 0 bridgehead atoms. The monoisotopic (exact) mass is 290 g/mol. The molecule has 0 N–H and O–H groups in total. The average molecular weight is 290 g/mol. The van der Waals surface area contributed by atoms with E-state index in [0.717, 1.165) is 16.3 Å². The first-order valence-electron chi connectivity index (χ1n) is 6.19. The fourth-order valence-electron chi connectivity index (χ4n) is 2.13. The lowest BCUT2D eigenvalue weighted by atomic mass is 10.2. The van der Waals surface area contributed by atoms with Crippen molar-refractivity contribution in [2.45, 2.75) is 19.9 Å². The van der Waals surface area contributed by atoms with E-state index in [1.807, 2.05) is 29.8 Å². The van der Waals surface area contributed by atoms with Crippen LogP contribution in [0.2, 0.25) is 0 Å². The van der Waals surface area contributed by atoms with E-state index in [2.05, 4.69) is 10.1 Å². The number of rotatable bonds is 3. The van der Waals surface area contributed by atoms with Crippen molar-refractivity contribution in [3.63, 3.8) is 0 Å². The fourth-order valence-corrected chi connectivity index (χ4v) is 2.89. The van der Waals surface area contributed by atoms with Crippen molar-refractivity contribution in [2.24, 2.45) is 0 Å². The molecular weight excluding hydrogens is 276 g/mol. The van der Waals surface area contributed by atoms with Gasteiger partial charge in [-0.1, -0.05) is 5.16 Å². The lowest BCUT2D eigenvalue weighted by molar-refractivity contribution is 0.0730. The minimum absolute atomic E-state index is 0.0797. The maximum Gasteiger partial charge on any atom is 0.273 e. The van der Waals surface area contributed by atoms with Gasteiger partial charge >= 0.3 is 0 Å². The molecule has 3 rings (SSSR count). The molecule has 3 aromatic heterocycles. The van der Waals surface area contributed by atoms with Crippen molar-refractivity contribution in [1.82, 2.24) is 19.4 Å². The normalized spacial score (nSPS) is 12.8. The first kappa shape index (κ1) is 12.9. The Morgan fingerprint density at radius 1 is 1.55 bits per heavy atom. The van der Waals surface area contributed by atoms with Gasteiger partial charge in [-0.05, 0) is 13.8 Å². The van der Waals surface area contributed by atoms with Crippen molar-refractivity contribution in [3.8, 4) is 0 Å². The molecule has 3 heterocycles. The number of aryl methyl sites for hydroxylation is 1. The molecule has 20 heavy (non-hydrogen) atoms. The predicted molar refractivity (Wildman–Crippen MR) is 74.8 cm³/mol. The molecule has 0 aromatic carbocycles. The molecule has 0 aliphatic rings. The van der Waals surface area contributed by atoms with Crippen LogP contribution in [-0.4, -0.2) is 32.4 Å². The van der Waals surface area contributed by atoms with Crippen molar-refractivity contribution >= 4 is 22.2 Å². The van der Waals surface area contributed by atoms with Crippen LogP contribution in [0.4, 0.5) is 0 Å². The van der Waals surface area contributed by atoms with Crippen LogP contribution >= 0.6 is 11.3 Å². The standard InChI is InChI=1S/C13H14N4O2S/c1-8-11(17-5-7-20-13(17)14-8)12(18)16(3)9(2)10-4-6-19-15-10/h4-7,9H,1-3H3. The average Bonchev–Trinajstić information content (AvgIpc) is 3.12. The van der Waals surface area contributed by atoms with Crippen molar-refractivity contribution in [2.75, 3.05) is 7.05 Å². The van der Waals surface area contributed by atoms with Crippen LogP contribution in [0.3, 0.4) is 0 Å². The maximum absolute atomic E-state index is 12.7. The van der Waals surface area contributed by atoms with Gasteiger partial charge < -0.3 is 9.42 Å². The Balaban J connectivity index is 1.96. The van der Waals surface area contributed by atoms with Gasteiger partial charge in [0.2, 0.25) is 0 Å². The zero-order chi connectivity index (χ0) is 14.3. The molecule has 104 valence electrons. The first-order chi connectivity index (χ1) is 9.59. The number of carbonyl (C=O) groups excluding carboxylic acids is 1. The van der Waals surface area contributed by atoms with Crippen molar-refractivity contribution in [3.05, 3.63) is 41.0 Å². The van der Waals surface area contributed by atoms with Gasteiger partial charge in [-0.2, -0.15) is 0 Å². The topological polar surface area (TPSA) is 63.6 Å². The Bertz CT molecular complexity index is 744. The molecule has 6 nitrogen and oxygen atoms in total. The van der Waals surface area contributed by atoms with E-state index in [-0.39, 0.29) is 11.9 Å². The van der Waals surface area contributed by atoms with E-state index in [4.69, 9.17) is 4.52 Å². The van der Waals surface area contributed by atoms with Crippen LogP contribution in [0.25, 0.3) is 4.96 Å². The van der Waals surface area contributed by atoms with Crippen LogP contribution in [0, 0.1) is 6.92 Å². The third kappa shape index (κ3) is 1.90. The highest BCUT2D eigenvalue weighted by Crippen LogP contribution is 2.22. The quantitative estimate of drug-likeness (QED) is 0.743. The van der Waals surface area contributed by atoms with Crippen molar-refractivity contribution < 1.29 is 9.32 Å². The van der Waals surface area contributed by atoms with Crippen LogP contribution in [-0.2, 0) is 0 Å². The Morgan fingerprint density at radius 2 is 2.35 bits per heavy atom. The summed E-state index contributed by atoms with van der Waals surface area (Å²) in [5.74, 6) is -0.0797. The summed E-state index contributed by atoms with van der Waals surface area (Å²) in [6, 6.07) is 1.60. The summed E-state index contributed by atoms with van der Waals surface area (Å²) >= 11 is 1.51. The number of carbonyl (C=O) groups is 1. The fraction of sp³-hybridized carbons (Fsp3) is 0.308. The minimum Gasteiger partial charge on any atom is -0.364 e. The highest BCUT2D eigenvalue weighted by molar-refractivity contribution is 7.15. The molecule has 0 fully saturated rings. The van der Waals surface area contributed by atoms with Crippen molar-refractivity contribution in [1.29, 1.82) is 0 Å². The summed E-state index contributed by atoms with van der Waals surface area (Å²) in [6.07, 6.45) is 3.37. The van der Waals surface area contributed by atoms with E-state index in [9.17, 15) is 4.79 Å². The molecule has 1 unspecified atom stereocenters. The second kappa shape index (κ2) is 4.75. The number of aromatic nitrogens is 3. The second-order valence-electron chi connectivity index (χ2n) is 4.62. The van der Waals surface area contributed by atoms with E-state index >= 15 is 0 Å². The molecule has 0 radical (unpaired) electrons. The third-order valence-electron chi connectivity index (χ3n) is 3.43. The van der Waals surface area contributed by atoms with Gasteiger partial charge in [-0.25, -0.2) is 4.98 Å². The Morgan fingerprint density at radius 3 is 3.05 bits per heavy atom. The smallest absolute Gasteiger partial charge is 0.273 e. The second-order valence-corrected chi connectivity index (χ2v) is 5.49. The van der Waals surface area contributed by atoms with E-state index in [1.54, 1.807) is 18.0 Å². The number of imidazole rings is 1. The van der Waals surface area contributed by atoms with Gasteiger partial charge in [0.1, 0.15) is 17.7 Å². The number of amides is 1. The highest BCUT2D eigenvalue weighted by atomic mass is 32.1. The zero-order valence-corrected chi connectivity index (χ0v) is 12.2. The predicted octanol–water partition coefficient (Wildman–Crippen LogP) is 2.53. The summed E-state index contributed by atoms with van der Waals surface area (Å²) in [5.41, 5.74) is 2.06. The molecule has 0 spiro atoms. The maximum atomic E-state index is 12.7. The molecule has 7 heteroatoms. The Labute approximate surface area is 119 Å². The SMILES string of the molecule is Cc1nc2sccn2c1C(=O)N(C)C(C)c1ccon1. The molecule has 0 aliphatic carbocycles. The molecule has 1 atom stereocenters. The summed E-state index contributed by atoms with van der Waals surface area (Å²) in [4.78, 5) is 19.6. The zero-order valence-electron chi connectivity index (χ0n) is 11.4. The summed E-state index contributed by atoms with van der Waals surface area (Å²) < 4.78 is 6.66. The van der Waals surface area contributed by atoms with E-state index < -0.39 is 0 Å². The highest BCUT2D eigenvalue weighted by Gasteiger charge is 2.25. The van der Waals surface area contributed by atoms with Gasteiger partial charge in [0, 0.05) is 24.7 Å². The molecule has 0 saturated heterocycles. The summed E-state index contributed by atoms with van der Waals surface area (Å²) in [6.45, 7) is 3.76. The van der Waals surface area contributed by atoms with Crippen LogP contribution < -0.4 is 0 Å². The third-order valence-corrected chi connectivity index (χ3v) is 4.18. The van der Waals surface area contributed by atoms with Crippen LogP contribution in [0.1, 0.15) is 34.8 Å². The number of nitrogens with zero attached hydrogens (tertiary/aromatic N) is 4. The summed E-state index contributed by atoms with van der Waals surface area (Å²) in [7, 11) is 1.76. The molecular formula is C13H14N4O2S. The minimum atomic E-state index is -0.162. The molecule has 3 aromatic rings. The van der Waals surface area contributed by atoms with Gasteiger partial charge in [-0.3, -0.25) is 9.20 Å². The lowest BCUT2D eigenvalue weighted by Gasteiger charge is -2.23. The number of hydrogen-bond acceptors (Lipinski definition) is 5. The Kier molecular flexibility index (Phi) is 3.06.